The Hall–Kier alpha value is -4.61. The second-order valence-electron chi connectivity index (χ2n) is 7.12. The molecule has 35 heavy (non-hydrogen) atoms. The van der Waals surface area contributed by atoms with E-state index in [4.69, 9.17) is 4.74 Å². The highest BCUT2D eigenvalue weighted by molar-refractivity contribution is 6.04. The molecule has 3 aromatic rings. The van der Waals surface area contributed by atoms with E-state index >= 15 is 0 Å². The summed E-state index contributed by atoms with van der Waals surface area (Å²) >= 11 is 0. The average molecular weight is 488 g/mol. The number of hydrogen-bond donors (Lipinski definition) is 3. The summed E-state index contributed by atoms with van der Waals surface area (Å²) in [5, 5.41) is 18.1. The Morgan fingerprint density at radius 2 is 1.66 bits per heavy atom. The zero-order chi connectivity index (χ0) is 25.6. The van der Waals surface area contributed by atoms with Gasteiger partial charge in [-0.2, -0.15) is 13.2 Å². The maximum absolute atomic E-state index is 13.6. The van der Waals surface area contributed by atoms with Gasteiger partial charge in [0.1, 0.15) is 5.75 Å². The Kier molecular flexibility index (Phi) is 7.54. The zero-order valence-corrected chi connectivity index (χ0v) is 18.2. The summed E-state index contributed by atoms with van der Waals surface area (Å²) < 4.78 is 45.9. The molecule has 0 bridgehead atoms. The largest absolute Gasteiger partial charge is 0.494 e. The molecule has 0 aromatic heterocycles. The zero-order valence-electron chi connectivity index (χ0n) is 18.2. The highest BCUT2D eigenvalue weighted by atomic mass is 19.4. The van der Waals surface area contributed by atoms with E-state index in [0.29, 0.717) is 0 Å². The number of nitro benzene ring substituents is 1. The van der Waals surface area contributed by atoms with E-state index in [1.54, 1.807) is 18.2 Å². The topological polar surface area (TPSA) is 123 Å². The summed E-state index contributed by atoms with van der Waals surface area (Å²) in [6, 6.07) is 14.6. The van der Waals surface area contributed by atoms with E-state index in [1.807, 2.05) is 0 Å². The minimum Gasteiger partial charge on any atom is -0.494 e. The quantitative estimate of drug-likeness (QED) is 0.305. The van der Waals surface area contributed by atoms with Crippen LogP contribution in [0.25, 0.3) is 0 Å². The van der Waals surface area contributed by atoms with E-state index in [2.05, 4.69) is 16.0 Å². The number of non-ortho nitro benzene ring substituents is 1. The third-order valence-electron chi connectivity index (χ3n) is 4.73. The maximum Gasteiger partial charge on any atom is 0.418 e. The molecule has 0 radical (unpaired) electrons. The number of ether oxygens (including phenoxy) is 1. The number of halogens is 3. The average Bonchev–Trinajstić information content (AvgIpc) is 2.83. The molecule has 0 aliphatic carbocycles. The van der Waals surface area contributed by atoms with Gasteiger partial charge in [-0.1, -0.05) is 18.2 Å². The molecule has 2 amide bonds. The number of amides is 2. The van der Waals surface area contributed by atoms with Crippen molar-refractivity contribution >= 4 is 34.6 Å². The molecule has 0 aliphatic heterocycles. The lowest BCUT2D eigenvalue weighted by atomic mass is 10.1. The van der Waals surface area contributed by atoms with Crippen LogP contribution in [0.2, 0.25) is 0 Å². The second kappa shape index (κ2) is 10.5. The summed E-state index contributed by atoms with van der Waals surface area (Å²) in [6.45, 7) is -0.543. The first-order valence-electron chi connectivity index (χ1n) is 10.0. The molecule has 3 rings (SSSR count). The lowest BCUT2D eigenvalue weighted by Crippen LogP contribution is -2.23. The van der Waals surface area contributed by atoms with Gasteiger partial charge in [0.15, 0.2) is 0 Å². The SMILES string of the molecule is COc1cc([N+](=O)[O-])ccc1NC(=O)CNc1ccc(NC(=O)c2ccccc2)cc1C(F)(F)F. The normalized spacial score (nSPS) is 10.9. The van der Waals surface area contributed by atoms with Crippen LogP contribution in [0, 0.1) is 10.1 Å². The van der Waals surface area contributed by atoms with E-state index in [1.165, 1.54) is 31.4 Å². The Balaban J connectivity index is 1.72. The van der Waals surface area contributed by atoms with Crippen LogP contribution in [0.3, 0.4) is 0 Å². The van der Waals surface area contributed by atoms with Gasteiger partial charge in [0, 0.05) is 23.0 Å². The van der Waals surface area contributed by atoms with Crippen molar-refractivity contribution in [3.8, 4) is 5.75 Å². The molecular formula is C23H19F3N4O5. The Morgan fingerprint density at radius 3 is 2.29 bits per heavy atom. The van der Waals surface area contributed by atoms with E-state index in [0.717, 1.165) is 24.3 Å². The fourth-order valence-corrected chi connectivity index (χ4v) is 3.07. The molecule has 182 valence electrons. The Labute approximate surface area is 197 Å². The number of rotatable bonds is 8. The highest BCUT2D eigenvalue weighted by Crippen LogP contribution is 2.37. The van der Waals surface area contributed by atoms with Gasteiger partial charge in [0.05, 0.1) is 35.9 Å². The predicted octanol–water partition coefficient (Wildman–Crippen LogP) is 4.93. The monoisotopic (exact) mass is 488 g/mol. The molecule has 9 nitrogen and oxygen atoms in total. The fourth-order valence-electron chi connectivity index (χ4n) is 3.07. The smallest absolute Gasteiger partial charge is 0.418 e. The van der Waals surface area contributed by atoms with Crippen molar-refractivity contribution in [2.45, 2.75) is 6.18 Å². The van der Waals surface area contributed by atoms with Gasteiger partial charge >= 0.3 is 6.18 Å². The number of benzene rings is 3. The minimum absolute atomic E-state index is 0.0158. The number of nitro groups is 1. The molecule has 0 fully saturated rings. The van der Waals surface area contributed by atoms with E-state index in [-0.39, 0.29) is 34.1 Å². The first-order chi connectivity index (χ1) is 16.6. The third kappa shape index (κ3) is 6.47. The number of methoxy groups -OCH3 is 1. The standard InChI is InChI=1S/C23H19F3N4O5/c1-35-20-12-16(30(33)34)8-10-19(20)29-21(31)13-27-18-9-7-15(11-17(18)23(24,25)26)28-22(32)14-5-3-2-4-6-14/h2-12,27H,13H2,1H3,(H,28,32)(H,29,31). The van der Waals surface area contributed by atoms with E-state index in [9.17, 15) is 32.9 Å². The van der Waals surface area contributed by atoms with Gasteiger partial charge in [0.2, 0.25) is 5.91 Å². The van der Waals surface area contributed by atoms with Crippen LogP contribution in [0.1, 0.15) is 15.9 Å². The summed E-state index contributed by atoms with van der Waals surface area (Å²) in [5.41, 5.74) is -1.39. The maximum atomic E-state index is 13.6. The first kappa shape index (κ1) is 25.0. The number of alkyl halides is 3. The van der Waals surface area contributed by atoms with Crippen molar-refractivity contribution < 1.29 is 32.4 Å². The molecule has 3 N–H and O–H groups in total. The van der Waals surface area contributed by atoms with Crippen LogP contribution >= 0.6 is 0 Å². The number of carbonyl (C=O) groups is 2. The summed E-state index contributed by atoms with van der Waals surface area (Å²) in [4.78, 5) is 34.8. The molecule has 0 unspecified atom stereocenters. The van der Waals surface area contributed by atoms with Crippen molar-refractivity contribution in [1.29, 1.82) is 0 Å². The lowest BCUT2D eigenvalue weighted by Gasteiger charge is -2.17. The van der Waals surface area contributed by atoms with Gasteiger partial charge in [-0.15, -0.1) is 0 Å². The van der Waals surface area contributed by atoms with Gasteiger partial charge in [-0.3, -0.25) is 19.7 Å². The lowest BCUT2D eigenvalue weighted by molar-refractivity contribution is -0.384. The summed E-state index contributed by atoms with van der Waals surface area (Å²) in [6.07, 6.45) is -4.77. The second-order valence-corrected chi connectivity index (χ2v) is 7.12. The van der Waals surface area contributed by atoms with Crippen LogP contribution in [0.15, 0.2) is 66.7 Å². The van der Waals surface area contributed by atoms with Crippen molar-refractivity contribution in [3.05, 3.63) is 88.0 Å². The van der Waals surface area contributed by atoms with Gasteiger partial charge in [0.25, 0.3) is 11.6 Å². The first-order valence-corrected chi connectivity index (χ1v) is 10.0. The number of carbonyl (C=O) groups excluding carboxylic acids is 2. The molecule has 0 saturated carbocycles. The van der Waals surface area contributed by atoms with Crippen LogP contribution in [-0.4, -0.2) is 30.4 Å². The third-order valence-corrected chi connectivity index (χ3v) is 4.73. The van der Waals surface area contributed by atoms with Crippen LogP contribution in [0.5, 0.6) is 5.75 Å². The summed E-state index contributed by atoms with van der Waals surface area (Å²) in [5.74, 6) is -1.27. The number of hydrogen-bond acceptors (Lipinski definition) is 6. The van der Waals surface area contributed by atoms with Crippen molar-refractivity contribution in [1.82, 2.24) is 0 Å². The molecule has 0 heterocycles. The fraction of sp³-hybridized carbons (Fsp3) is 0.130. The molecule has 0 atom stereocenters. The molecule has 12 heteroatoms. The van der Waals surface area contributed by atoms with Gasteiger partial charge < -0.3 is 20.7 Å². The van der Waals surface area contributed by atoms with Gasteiger partial charge in [-0.05, 0) is 36.4 Å². The number of nitrogens with zero attached hydrogens (tertiary/aromatic N) is 1. The van der Waals surface area contributed by atoms with Gasteiger partial charge in [-0.25, -0.2) is 0 Å². The molecular weight excluding hydrogens is 469 g/mol. The van der Waals surface area contributed by atoms with Crippen LogP contribution < -0.4 is 20.7 Å². The van der Waals surface area contributed by atoms with Crippen molar-refractivity contribution in [3.63, 3.8) is 0 Å². The number of nitrogens with one attached hydrogen (secondary N) is 3. The molecule has 0 spiro atoms. The Bertz CT molecular complexity index is 1250. The number of anilines is 3. The molecule has 3 aromatic carbocycles. The molecule has 0 saturated heterocycles. The molecule has 0 aliphatic rings. The Morgan fingerprint density at radius 1 is 0.971 bits per heavy atom. The summed E-state index contributed by atoms with van der Waals surface area (Å²) in [7, 11) is 1.25. The van der Waals surface area contributed by atoms with Crippen molar-refractivity contribution in [2.75, 3.05) is 29.6 Å². The minimum atomic E-state index is -4.77. The highest BCUT2D eigenvalue weighted by Gasteiger charge is 2.34. The van der Waals surface area contributed by atoms with Crippen molar-refractivity contribution in [2.24, 2.45) is 0 Å². The van der Waals surface area contributed by atoms with Crippen LogP contribution in [0.4, 0.5) is 35.9 Å². The van der Waals surface area contributed by atoms with Crippen LogP contribution in [-0.2, 0) is 11.0 Å². The predicted molar refractivity (Wildman–Crippen MR) is 123 cm³/mol. The van der Waals surface area contributed by atoms with E-state index < -0.39 is 35.0 Å².